The van der Waals surface area contributed by atoms with E-state index in [1.807, 2.05) is 0 Å². The van der Waals surface area contributed by atoms with Gasteiger partial charge >= 0.3 is 0 Å². The van der Waals surface area contributed by atoms with E-state index in [2.05, 4.69) is 10.6 Å². The molecule has 18 heavy (non-hydrogen) atoms. The Morgan fingerprint density at radius 2 is 2.11 bits per heavy atom. The second-order valence-corrected chi connectivity index (χ2v) is 5.22. The molecule has 0 aromatic carbocycles. The highest BCUT2D eigenvalue weighted by atomic mass is 35.5. The summed E-state index contributed by atoms with van der Waals surface area (Å²) in [6.07, 6.45) is 5.23. The average Bonchev–Trinajstić information content (AvgIpc) is 2.78. The van der Waals surface area contributed by atoms with Crippen molar-refractivity contribution in [2.45, 2.75) is 44.1 Å². The maximum atomic E-state index is 12.1. The number of amides is 2. The summed E-state index contributed by atoms with van der Waals surface area (Å²) < 4.78 is 0. The lowest BCUT2D eigenvalue weighted by Crippen LogP contribution is -2.54. The first kappa shape index (κ1) is 15.2. The average molecular weight is 276 g/mol. The van der Waals surface area contributed by atoms with E-state index in [9.17, 15) is 9.59 Å². The summed E-state index contributed by atoms with van der Waals surface area (Å²) in [6.45, 7) is 1.10. The van der Waals surface area contributed by atoms with Crippen molar-refractivity contribution in [1.29, 1.82) is 0 Å². The zero-order chi connectivity index (χ0) is 12.3. The highest BCUT2D eigenvalue weighted by molar-refractivity contribution is 5.87. The number of halogens is 1. The van der Waals surface area contributed by atoms with Crippen LogP contribution in [0.2, 0.25) is 0 Å². The predicted octanol–water partition coefficient (Wildman–Crippen LogP) is 0.322. The van der Waals surface area contributed by atoms with Crippen molar-refractivity contribution in [3.05, 3.63) is 0 Å². The molecule has 1 aliphatic heterocycles. The fourth-order valence-corrected chi connectivity index (χ4v) is 2.80. The second kappa shape index (κ2) is 6.38. The van der Waals surface area contributed by atoms with Crippen molar-refractivity contribution in [2.75, 3.05) is 13.1 Å². The zero-order valence-corrected chi connectivity index (χ0v) is 11.4. The lowest BCUT2D eigenvalue weighted by molar-refractivity contribution is -0.133. The Hall–Kier alpha value is -0.810. The molecule has 4 N–H and O–H groups in total. The van der Waals surface area contributed by atoms with Crippen LogP contribution in [0.15, 0.2) is 0 Å². The standard InChI is InChI=1S/C12H21N3O2.ClH/c13-8-12(4-1-2-5-12)15-11(17)9-3-6-14-10(16)7-9;/h9H,1-8,13H2,(H,14,16)(H,15,17);1H. The third kappa shape index (κ3) is 3.36. The zero-order valence-electron chi connectivity index (χ0n) is 10.5. The van der Waals surface area contributed by atoms with Crippen molar-refractivity contribution in [3.8, 4) is 0 Å². The summed E-state index contributed by atoms with van der Waals surface area (Å²) in [5.74, 6) is -0.190. The highest BCUT2D eigenvalue weighted by Crippen LogP contribution is 2.29. The largest absolute Gasteiger partial charge is 0.356 e. The van der Waals surface area contributed by atoms with E-state index in [1.165, 1.54) is 0 Å². The second-order valence-electron chi connectivity index (χ2n) is 5.22. The molecule has 2 rings (SSSR count). The Bertz CT molecular complexity index is 316. The molecule has 1 atom stereocenters. The van der Waals surface area contributed by atoms with Gasteiger partial charge in [-0.1, -0.05) is 12.8 Å². The number of hydrogen-bond acceptors (Lipinski definition) is 3. The van der Waals surface area contributed by atoms with Crippen molar-refractivity contribution in [2.24, 2.45) is 11.7 Å². The molecule has 0 bridgehead atoms. The van der Waals surface area contributed by atoms with E-state index in [1.54, 1.807) is 0 Å². The molecular formula is C12H22ClN3O2. The quantitative estimate of drug-likeness (QED) is 0.694. The maximum Gasteiger partial charge on any atom is 0.224 e. The number of piperidine rings is 1. The summed E-state index contributed by atoms with van der Waals surface area (Å²) in [5, 5.41) is 5.83. The van der Waals surface area contributed by atoms with Gasteiger partial charge in [0.25, 0.3) is 0 Å². The van der Waals surface area contributed by atoms with Gasteiger partial charge in [0.15, 0.2) is 0 Å². The Kier molecular flexibility index (Phi) is 5.41. The molecule has 1 unspecified atom stereocenters. The lowest BCUT2D eigenvalue weighted by Gasteiger charge is -2.31. The molecule has 1 aliphatic carbocycles. The SMILES string of the molecule is Cl.NCC1(NC(=O)C2CCNC(=O)C2)CCCC1. The van der Waals surface area contributed by atoms with Gasteiger partial charge < -0.3 is 16.4 Å². The van der Waals surface area contributed by atoms with Gasteiger partial charge in [0.05, 0.1) is 5.54 Å². The van der Waals surface area contributed by atoms with Gasteiger partial charge in [-0.25, -0.2) is 0 Å². The third-order valence-electron chi connectivity index (χ3n) is 3.96. The Balaban J connectivity index is 0.00000162. The van der Waals surface area contributed by atoms with E-state index < -0.39 is 0 Å². The number of carbonyl (C=O) groups is 2. The van der Waals surface area contributed by atoms with Crippen molar-refractivity contribution >= 4 is 24.2 Å². The summed E-state index contributed by atoms with van der Waals surface area (Å²) in [5.41, 5.74) is 5.58. The normalized spacial score (nSPS) is 26.1. The minimum absolute atomic E-state index is 0. The van der Waals surface area contributed by atoms with Crippen molar-refractivity contribution in [3.63, 3.8) is 0 Å². The van der Waals surface area contributed by atoms with Gasteiger partial charge in [-0.2, -0.15) is 0 Å². The van der Waals surface area contributed by atoms with E-state index in [4.69, 9.17) is 5.73 Å². The minimum atomic E-state index is -0.203. The highest BCUT2D eigenvalue weighted by Gasteiger charge is 2.36. The first-order chi connectivity index (χ1) is 8.15. The summed E-state index contributed by atoms with van der Waals surface area (Å²) in [7, 11) is 0. The van der Waals surface area contributed by atoms with Crippen molar-refractivity contribution in [1.82, 2.24) is 10.6 Å². The molecule has 5 nitrogen and oxygen atoms in total. The molecule has 0 aromatic heterocycles. The fourth-order valence-electron chi connectivity index (χ4n) is 2.80. The summed E-state index contributed by atoms with van der Waals surface area (Å²) in [4.78, 5) is 23.4. The third-order valence-corrected chi connectivity index (χ3v) is 3.96. The number of carbonyl (C=O) groups excluding carboxylic acids is 2. The molecule has 2 amide bonds. The molecule has 0 radical (unpaired) electrons. The van der Waals surface area contributed by atoms with Gasteiger partial charge in [0.1, 0.15) is 0 Å². The predicted molar refractivity (Wildman–Crippen MR) is 71.4 cm³/mol. The Labute approximate surface area is 114 Å². The van der Waals surface area contributed by atoms with Gasteiger partial charge in [-0.3, -0.25) is 9.59 Å². The van der Waals surface area contributed by atoms with Crippen LogP contribution in [0, 0.1) is 5.92 Å². The number of nitrogens with one attached hydrogen (secondary N) is 2. The molecule has 6 heteroatoms. The van der Waals surface area contributed by atoms with Crippen molar-refractivity contribution < 1.29 is 9.59 Å². The number of nitrogens with two attached hydrogens (primary N) is 1. The first-order valence-corrected chi connectivity index (χ1v) is 6.44. The van der Waals surface area contributed by atoms with Crippen LogP contribution in [0.5, 0.6) is 0 Å². The van der Waals surface area contributed by atoms with E-state index in [0.29, 0.717) is 19.5 Å². The molecule has 1 saturated carbocycles. The van der Waals surface area contributed by atoms with Crippen LogP contribution in [0.1, 0.15) is 38.5 Å². The van der Waals surface area contributed by atoms with E-state index in [0.717, 1.165) is 32.1 Å². The van der Waals surface area contributed by atoms with Gasteiger partial charge in [-0.05, 0) is 19.3 Å². The molecule has 1 saturated heterocycles. The van der Waals surface area contributed by atoms with E-state index in [-0.39, 0.29) is 35.7 Å². The summed E-state index contributed by atoms with van der Waals surface area (Å²) in [6, 6.07) is 0. The Morgan fingerprint density at radius 1 is 1.44 bits per heavy atom. The topological polar surface area (TPSA) is 84.2 Å². The molecule has 0 aromatic rings. The van der Waals surface area contributed by atoms with E-state index >= 15 is 0 Å². The fraction of sp³-hybridized carbons (Fsp3) is 0.833. The molecule has 104 valence electrons. The van der Waals surface area contributed by atoms with Gasteiger partial charge in [0.2, 0.25) is 11.8 Å². The smallest absolute Gasteiger partial charge is 0.224 e. The minimum Gasteiger partial charge on any atom is -0.356 e. The van der Waals surface area contributed by atoms with Crippen LogP contribution < -0.4 is 16.4 Å². The Morgan fingerprint density at radius 3 is 2.67 bits per heavy atom. The van der Waals surface area contributed by atoms with Crippen LogP contribution in [-0.2, 0) is 9.59 Å². The maximum absolute atomic E-state index is 12.1. The van der Waals surface area contributed by atoms with Gasteiger partial charge in [0, 0.05) is 25.4 Å². The number of hydrogen-bond donors (Lipinski definition) is 3. The van der Waals surface area contributed by atoms with Crippen LogP contribution >= 0.6 is 12.4 Å². The molecule has 1 heterocycles. The first-order valence-electron chi connectivity index (χ1n) is 6.44. The van der Waals surface area contributed by atoms with Crippen LogP contribution in [0.3, 0.4) is 0 Å². The monoisotopic (exact) mass is 275 g/mol. The lowest BCUT2D eigenvalue weighted by atomic mass is 9.92. The van der Waals surface area contributed by atoms with Crippen LogP contribution in [0.4, 0.5) is 0 Å². The van der Waals surface area contributed by atoms with Crippen LogP contribution in [0.25, 0.3) is 0 Å². The van der Waals surface area contributed by atoms with Gasteiger partial charge in [-0.15, -0.1) is 12.4 Å². The number of rotatable bonds is 3. The molecule has 2 aliphatic rings. The molecular weight excluding hydrogens is 254 g/mol. The summed E-state index contributed by atoms with van der Waals surface area (Å²) >= 11 is 0. The van der Waals surface area contributed by atoms with Crippen LogP contribution in [-0.4, -0.2) is 30.4 Å². The molecule has 0 spiro atoms. The molecule has 2 fully saturated rings.